The molecule has 0 aliphatic carbocycles. The highest BCUT2D eigenvalue weighted by molar-refractivity contribution is 7.98. The lowest BCUT2D eigenvalue weighted by atomic mass is 10.2. The number of benzene rings is 1. The normalized spacial score (nSPS) is 21.4. The molecule has 1 aliphatic heterocycles. The van der Waals surface area contributed by atoms with Gasteiger partial charge >= 0.3 is 0 Å². The van der Waals surface area contributed by atoms with Gasteiger partial charge in [0.15, 0.2) is 9.84 Å². The van der Waals surface area contributed by atoms with E-state index in [1.54, 1.807) is 11.8 Å². The molecule has 0 aromatic heterocycles. The first-order chi connectivity index (χ1) is 9.50. The van der Waals surface area contributed by atoms with Gasteiger partial charge in [-0.25, -0.2) is 8.42 Å². The van der Waals surface area contributed by atoms with Crippen LogP contribution < -0.4 is 10.6 Å². The fraction of sp³-hybridized carbons (Fsp3) is 0.462. The average molecular weight is 314 g/mol. The molecular weight excluding hydrogens is 296 g/mol. The van der Waals surface area contributed by atoms with Gasteiger partial charge in [0.1, 0.15) is 0 Å². The third kappa shape index (κ3) is 4.22. The quantitative estimate of drug-likeness (QED) is 0.815. The number of para-hydroxylation sites is 1. The number of hydrogen-bond acceptors (Lipinski definition) is 5. The summed E-state index contributed by atoms with van der Waals surface area (Å²) < 4.78 is 23.1. The van der Waals surface area contributed by atoms with Gasteiger partial charge < -0.3 is 10.6 Å². The lowest BCUT2D eigenvalue weighted by molar-refractivity contribution is -0.116. The van der Waals surface area contributed by atoms with E-state index in [2.05, 4.69) is 10.6 Å². The van der Waals surface area contributed by atoms with Gasteiger partial charge in [0.05, 0.1) is 17.2 Å². The van der Waals surface area contributed by atoms with E-state index in [9.17, 15) is 13.2 Å². The van der Waals surface area contributed by atoms with E-state index in [1.807, 2.05) is 30.5 Å². The number of sulfone groups is 1. The monoisotopic (exact) mass is 314 g/mol. The molecule has 20 heavy (non-hydrogen) atoms. The summed E-state index contributed by atoms with van der Waals surface area (Å²) >= 11 is 1.56. The van der Waals surface area contributed by atoms with E-state index in [1.165, 1.54) is 0 Å². The Morgan fingerprint density at radius 2 is 2.20 bits per heavy atom. The van der Waals surface area contributed by atoms with Crippen LogP contribution in [0.4, 0.5) is 5.69 Å². The standard InChI is InChI=1S/C13H18N2O3S2/c1-19-12-5-3-2-4-11(12)15-13(16)8-10-9-20(17,18)7-6-14-10/h2-5,10,14H,6-9H2,1H3,(H,15,16). The molecule has 1 saturated heterocycles. The van der Waals surface area contributed by atoms with E-state index >= 15 is 0 Å². The number of rotatable bonds is 4. The Hall–Kier alpha value is -1.05. The molecule has 7 heteroatoms. The second-order valence-electron chi connectivity index (χ2n) is 4.72. The minimum absolute atomic E-state index is 0.0323. The van der Waals surface area contributed by atoms with Gasteiger partial charge in [-0.1, -0.05) is 12.1 Å². The Bertz CT molecular complexity index is 587. The number of carbonyl (C=O) groups is 1. The van der Waals surface area contributed by atoms with E-state index in [0.29, 0.717) is 6.54 Å². The lowest BCUT2D eigenvalue weighted by Crippen LogP contribution is -2.46. The third-order valence-corrected chi connectivity index (χ3v) is 5.65. The van der Waals surface area contributed by atoms with Gasteiger partial charge in [-0.05, 0) is 18.4 Å². The molecule has 1 heterocycles. The number of amides is 1. The SMILES string of the molecule is CSc1ccccc1NC(=O)CC1CS(=O)(=O)CCN1. The number of carbonyl (C=O) groups excluding carboxylic acids is 1. The van der Waals surface area contributed by atoms with E-state index < -0.39 is 9.84 Å². The van der Waals surface area contributed by atoms with Gasteiger partial charge in [0.25, 0.3) is 0 Å². The highest BCUT2D eigenvalue weighted by Crippen LogP contribution is 2.24. The fourth-order valence-corrected chi connectivity index (χ4v) is 4.17. The summed E-state index contributed by atoms with van der Waals surface area (Å²) in [6.07, 6.45) is 2.11. The Kier molecular flexibility index (Phi) is 5.06. The minimum atomic E-state index is -3.01. The maximum atomic E-state index is 12.0. The van der Waals surface area contributed by atoms with Crippen LogP contribution in [0.2, 0.25) is 0 Å². The first-order valence-electron chi connectivity index (χ1n) is 6.37. The molecule has 110 valence electrons. The fourth-order valence-electron chi connectivity index (χ4n) is 2.17. The summed E-state index contributed by atoms with van der Waals surface area (Å²) in [5.74, 6) is 0.0199. The zero-order valence-corrected chi connectivity index (χ0v) is 12.9. The number of nitrogens with one attached hydrogen (secondary N) is 2. The molecule has 0 bridgehead atoms. The molecule has 1 fully saturated rings. The van der Waals surface area contributed by atoms with Crippen molar-refractivity contribution in [3.8, 4) is 0 Å². The van der Waals surface area contributed by atoms with E-state index in [0.717, 1.165) is 10.6 Å². The summed E-state index contributed by atoms with van der Waals surface area (Å²) in [4.78, 5) is 13.0. The maximum absolute atomic E-state index is 12.0. The molecule has 1 aromatic rings. The molecule has 1 aliphatic rings. The lowest BCUT2D eigenvalue weighted by Gasteiger charge is -2.23. The molecule has 1 unspecified atom stereocenters. The molecule has 0 spiro atoms. The molecule has 1 atom stereocenters. The number of anilines is 1. The van der Waals surface area contributed by atoms with Gasteiger partial charge in [-0.2, -0.15) is 0 Å². The molecule has 2 rings (SSSR count). The third-order valence-electron chi connectivity index (χ3n) is 3.11. The van der Waals surface area contributed by atoms with E-state index in [4.69, 9.17) is 0 Å². The molecule has 1 aromatic carbocycles. The molecular formula is C13H18N2O3S2. The van der Waals surface area contributed by atoms with Crippen LogP contribution in [0.15, 0.2) is 29.2 Å². The zero-order chi connectivity index (χ0) is 14.6. The largest absolute Gasteiger partial charge is 0.325 e. The first kappa shape index (κ1) is 15.3. The van der Waals surface area contributed by atoms with Crippen molar-refractivity contribution in [1.29, 1.82) is 0 Å². The Morgan fingerprint density at radius 1 is 1.45 bits per heavy atom. The summed E-state index contributed by atoms with van der Waals surface area (Å²) in [6.45, 7) is 0.418. The molecule has 0 saturated carbocycles. The van der Waals surface area contributed by atoms with Crippen molar-refractivity contribution < 1.29 is 13.2 Å². The molecule has 0 radical (unpaired) electrons. The van der Waals surface area contributed by atoms with Crippen LogP contribution in [0.3, 0.4) is 0 Å². The zero-order valence-electron chi connectivity index (χ0n) is 11.3. The van der Waals surface area contributed by atoms with Crippen LogP contribution >= 0.6 is 11.8 Å². The first-order valence-corrected chi connectivity index (χ1v) is 9.41. The van der Waals surface area contributed by atoms with Crippen LogP contribution in [0.1, 0.15) is 6.42 Å². The van der Waals surface area contributed by atoms with Crippen LogP contribution in [-0.2, 0) is 14.6 Å². The Morgan fingerprint density at radius 3 is 2.90 bits per heavy atom. The molecule has 5 nitrogen and oxygen atoms in total. The van der Waals surface area contributed by atoms with Gasteiger partial charge in [0.2, 0.25) is 5.91 Å². The van der Waals surface area contributed by atoms with Crippen LogP contribution in [-0.4, -0.2) is 44.7 Å². The smallest absolute Gasteiger partial charge is 0.226 e. The highest BCUT2D eigenvalue weighted by Gasteiger charge is 2.26. The van der Waals surface area contributed by atoms with Crippen molar-refractivity contribution in [3.05, 3.63) is 24.3 Å². The number of hydrogen-bond donors (Lipinski definition) is 2. The Labute approximate surface area is 123 Å². The maximum Gasteiger partial charge on any atom is 0.226 e. The van der Waals surface area contributed by atoms with Crippen molar-refractivity contribution in [1.82, 2.24) is 5.32 Å². The van der Waals surface area contributed by atoms with Crippen molar-refractivity contribution in [2.45, 2.75) is 17.4 Å². The van der Waals surface area contributed by atoms with Crippen LogP contribution in [0.25, 0.3) is 0 Å². The Balaban J connectivity index is 1.95. The predicted octanol–water partition coefficient (Wildman–Crippen LogP) is 1.12. The number of thioether (sulfide) groups is 1. The second kappa shape index (κ2) is 6.60. The van der Waals surface area contributed by atoms with Crippen molar-refractivity contribution in [2.24, 2.45) is 0 Å². The van der Waals surface area contributed by atoms with Crippen molar-refractivity contribution >= 4 is 33.2 Å². The summed E-state index contributed by atoms with van der Waals surface area (Å²) in [7, 11) is -3.01. The minimum Gasteiger partial charge on any atom is -0.325 e. The highest BCUT2D eigenvalue weighted by atomic mass is 32.2. The van der Waals surface area contributed by atoms with Gasteiger partial charge in [0, 0.05) is 23.9 Å². The van der Waals surface area contributed by atoms with Gasteiger partial charge in [-0.3, -0.25) is 4.79 Å². The molecule has 2 N–H and O–H groups in total. The predicted molar refractivity (Wildman–Crippen MR) is 81.9 cm³/mol. The van der Waals surface area contributed by atoms with Crippen molar-refractivity contribution in [2.75, 3.05) is 29.6 Å². The summed E-state index contributed by atoms with van der Waals surface area (Å²) in [5, 5.41) is 5.92. The topological polar surface area (TPSA) is 75.3 Å². The van der Waals surface area contributed by atoms with Crippen LogP contribution in [0, 0.1) is 0 Å². The second-order valence-corrected chi connectivity index (χ2v) is 7.79. The molecule has 1 amide bonds. The summed E-state index contributed by atoms with van der Waals surface area (Å²) in [5.41, 5.74) is 0.767. The van der Waals surface area contributed by atoms with Crippen LogP contribution in [0.5, 0.6) is 0 Å². The average Bonchev–Trinajstić information content (AvgIpc) is 2.38. The van der Waals surface area contributed by atoms with Gasteiger partial charge in [-0.15, -0.1) is 11.8 Å². The van der Waals surface area contributed by atoms with Crippen molar-refractivity contribution in [3.63, 3.8) is 0 Å². The van der Waals surface area contributed by atoms with E-state index in [-0.39, 0.29) is 29.9 Å². The summed E-state index contributed by atoms with van der Waals surface area (Å²) in [6, 6.07) is 7.25.